The van der Waals surface area contributed by atoms with Crippen molar-refractivity contribution in [3.8, 4) is 0 Å². The molecule has 0 saturated heterocycles. The predicted octanol–water partition coefficient (Wildman–Crippen LogP) is 4.07. The molecule has 0 bridgehead atoms. The number of aromatic nitrogens is 1. The molecule has 92 valence electrons. The predicted molar refractivity (Wildman–Crippen MR) is 76.3 cm³/mol. The van der Waals surface area contributed by atoms with Gasteiger partial charge in [0, 0.05) is 39.4 Å². The molecular formula is C15H14ClNO. The van der Waals surface area contributed by atoms with E-state index in [1.165, 1.54) is 5.39 Å². The number of halogens is 1. The third-order valence-corrected chi connectivity index (χ3v) is 3.66. The topological polar surface area (TPSA) is 36.0 Å². The number of aliphatic hydroxyl groups is 1. The minimum absolute atomic E-state index is 0.157. The largest absolute Gasteiger partial charge is 0.396 e. The quantitative estimate of drug-likeness (QED) is 0.715. The lowest BCUT2D eigenvalue weighted by Gasteiger charge is -2.07. The number of nitrogens with one attached hydrogen (secondary N) is 1. The number of benzene rings is 2. The maximum absolute atomic E-state index is 9.21. The first-order valence-electron chi connectivity index (χ1n) is 6.01. The Bertz CT molecular complexity index is 717. The van der Waals surface area contributed by atoms with E-state index in [1.807, 2.05) is 25.1 Å². The molecule has 0 aliphatic carbocycles. The summed E-state index contributed by atoms with van der Waals surface area (Å²) in [6.07, 6.45) is 0. The number of aliphatic hydroxyl groups excluding tert-OH is 1. The number of fused-ring (bicyclic) bond motifs is 3. The van der Waals surface area contributed by atoms with Crippen LogP contribution in [0.25, 0.3) is 21.8 Å². The van der Waals surface area contributed by atoms with Crippen molar-refractivity contribution in [3.63, 3.8) is 0 Å². The fourth-order valence-corrected chi connectivity index (χ4v) is 2.48. The summed E-state index contributed by atoms with van der Waals surface area (Å²) in [5.41, 5.74) is 3.32. The monoisotopic (exact) mass is 259 g/mol. The van der Waals surface area contributed by atoms with E-state index in [0.717, 1.165) is 27.0 Å². The van der Waals surface area contributed by atoms with Gasteiger partial charge in [-0.05, 0) is 29.8 Å². The molecule has 0 fully saturated rings. The SMILES string of the molecule is CC(CO)c1ccc2c(c1)[nH]c1ccc(Cl)cc12. The summed E-state index contributed by atoms with van der Waals surface area (Å²) in [6.45, 7) is 2.18. The first kappa shape index (κ1) is 11.6. The average Bonchev–Trinajstić information content (AvgIpc) is 2.74. The van der Waals surface area contributed by atoms with Gasteiger partial charge < -0.3 is 10.1 Å². The highest BCUT2D eigenvalue weighted by Gasteiger charge is 2.08. The van der Waals surface area contributed by atoms with E-state index in [0.29, 0.717) is 0 Å². The molecule has 0 radical (unpaired) electrons. The van der Waals surface area contributed by atoms with Crippen molar-refractivity contribution < 1.29 is 5.11 Å². The van der Waals surface area contributed by atoms with Crippen LogP contribution in [0, 0.1) is 0 Å². The Hall–Kier alpha value is -1.51. The third kappa shape index (κ3) is 1.78. The molecule has 2 aromatic carbocycles. The van der Waals surface area contributed by atoms with Crippen molar-refractivity contribution in [2.45, 2.75) is 12.8 Å². The second-order valence-electron chi connectivity index (χ2n) is 4.70. The molecular weight excluding hydrogens is 246 g/mol. The molecule has 0 spiro atoms. The molecule has 1 unspecified atom stereocenters. The average molecular weight is 260 g/mol. The molecule has 0 aliphatic heterocycles. The normalized spacial score (nSPS) is 13.3. The lowest BCUT2D eigenvalue weighted by molar-refractivity contribution is 0.273. The molecule has 3 aromatic rings. The molecule has 18 heavy (non-hydrogen) atoms. The number of hydrogen-bond acceptors (Lipinski definition) is 1. The van der Waals surface area contributed by atoms with Gasteiger partial charge in [0.1, 0.15) is 0 Å². The summed E-state index contributed by atoms with van der Waals surface area (Å²) in [5, 5.41) is 12.3. The molecule has 0 saturated carbocycles. The lowest BCUT2D eigenvalue weighted by atomic mass is 10.0. The zero-order valence-corrected chi connectivity index (χ0v) is 10.8. The van der Waals surface area contributed by atoms with Crippen LogP contribution in [0.2, 0.25) is 5.02 Å². The first-order valence-corrected chi connectivity index (χ1v) is 6.38. The van der Waals surface area contributed by atoms with Gasteiger partial charge in [0.15, 0.2) is 0 Å². The second-order valence-corrected chi connectivity index (χ2v) is 5.14. The van der Waals surface area contributed by atoms with Gasteiger partial charge in [-0.2, -0.15) is 0 Å². The number of aromatic amines is 1. The van der Waals surface area contributed by atoms with Gasteiger partial charge in [-0.25, -0.2) is 0 Å². The van der Waals surface area contributed by atoms with Crippen molar-refractivity contribution in [2.75, 3.05) is 6.61 Å². The molecule has 3 rings (SSSR count). The zero-order chi connectivity index (χ0) is 12.7. The van der Waals surface area contributed by atoms with E-state index in [4.69, 9.17) is 11.6 Å². The summed E-state index contributed by atoms with van der Waals surface area (Å²) in [4.78, 5) is 3.38. The third-order valence-electron chi connectivity index (χ3n) is 3.43. The van der Waals surface area contributed by atoms with Crippen LogP contribution in [0.4, 0.5) is 0 Å². The minimum atomic E-state index is 0.157. The Kier molecular flexibility index (Phi) is 2.77. The van der Waals surface area contributed by atoms with Crippen LogP contribution in [0.5, 0.6) is 0 Å². The van der Waals surface area contributed by atoms with E-state index in [1.54, 1.807) is 0 Å². The van der Waals surface area contributed by atoms with Crippen molar-refractivity contribution in [1.82, 2.24) is 4.98 Å². The van der Waals surface area contributed by atoms with Gasteiger partial charge in [-0.1, -0.05) is 30.7 Å². The summed E-state index contributed by atoms with van der Waals surface area (Å²) in [7, 11) is 0. The Labute approximate surface area is 110 Å². The fraction of sp³-hybridized carbons (Fsp3) is 0.200. The first-order chi connectivity index (χ1) is 8.69. The number of hydrogen-bond donors (Lipinski definition) is 2. The zero-order valence-electron chi connectivity index (χ0n) is 10.1. The highest BCUT2D eigenvalue weighted by atomic mass is 35.5. The van der Waals surface area contributed by atoms with Crippen LogP contribution >= 0.6 is 11.6 Å². The lowest BCUT2D eigenvalue weighted by Crippen LogP contribution is -1.98. The molecule has 2 nitrogen and oxygen atoms in total. The van der Waals surface area contributed by atoms with Gasteiger partial charge in [-0.15, -0.1) is 0 Å². The van der Waals surface area contributed by atoms with Gasteiger partial charge in [0.05, 0.1) is 0 Å². The van der Waals surface area contributed by atoms with E-state index >= 15 is 0 Å². The highest BCUT2D eigenvalue weighted by molar-refractivity contribution is 6.31. The maximum Gasteiger partial charge on any atom is 0.0497 e. The Morgan fingerprint density at radius 2 is 1.94 bits per heavy atom. The Balaban J connectivity index is 2.27. The molecule has 0 amide bonds. The van der Waals surface area contributed by atoms with Gasteiger partial charge in [-0.3, -0.25) is 0 Å². The summed E-state index contributed by atoms with van der Waals surface area (Å²) in [5.74, 6) is 0.157. The van der Waals surface area contributed by atoms with Crippen LogP contribution in [0.15, 0.2) is 36.4 Å². The summed E-state index contributed by atoms with van der Waals surface area (Å²) in [6, 6.07) is 12.1. The molecule has 1 aromatic heterocycles. The standard InChI is InChI=1S/C15H14ClNO/c1-9(8-18)10-2-4-12-13-7-11(16)3-5-14(13)17-15(12)6-10/h2-7,9,17-18H,8H2,1H3. The molecule has 0 aliphatic rings. The van der Waals surface area contributed by atoms with Crippen LogP contribution in [-0.4, -0.2) is 16.7 Å². The Morgan fingerprint density at radius 3 is 2.72 bits per heavy atom. The van der Waals surface area contributed by atoms with Crippen LogP contribution in [0.1, 0.15) is 18.4 Å². The number of H-pyrrole nitrogens is 1. The van der Waals surface area contributed by atoms with Crippen LogP contribution in [0.3, 0.4) is 0 Å². The molecule has 1 heterocycles. The van der Waals surface area contributed by atoms with Crippen molar-refractivity contribution in [3.05, 3.63) is 47.0 Å². The molecule has 3 heteroatoms. The Morgan fingerprint density at radius 1 is 1.11 bits per heavy atom. The van der Waals surface area contributed by atoms with Crippen LogP contribution < -0.4 is 0 Å². The van der Waals surface area contributed by atoms with E-state index in [-0.39, 0.29) is 12.5 Å². The van der Waals surface area contributed by atoms with Crippen molar-refractivity contribution >= 4 is 33.4 Å². The van der Waals surface area contributed by atoms with E-state index in [9.17, 15) is 5.11 Å². The number of rotatable bonds is 2. The highest BCUT2D eigenvalue weighted by Crippen LogP contribution is 2.29. The minimum Gasteiger partial charge on any atom is -0.396 e. The van der Waals surface area contributed by atoms with E-state index < -0.39 is 0 Å². The van der Waals surface area contributed by atoms with Crippen molar-refractivity contribution in [2.24, 2.45) is 0 Å². The molecule has 1 atom stereocenters. The van der Waals surface area contributed by atoms with E-state index in [2.05, 4.69) is 23.2 Å². The maximum atomic E-state index is 9.21. The van der Waals surface area contributed by atoms with Gasteiger partial charge in [0.25, 0.3) is 0 Å². The smallest absolute Gasteiger partial charge is 0.0497 e. The van der Waals surface area contributed by atoms with Crippen LogP contribution in [-0.2, 0) is 0 Å². The summed E-state index contributed by atoms with van der Waals surface area (Å²) >= 11 is 6.03. The molecule has 2 N–H and O–H groups in total. The second kappa shape index (κ2) is 4.30. The van der Waals surface area contributed by atoms with Crippen molar-refractivity contribution in [1.29, 1.82) is 0 Å². The van der Waals surface area contributed by atoms with Gasteiger partial charge in [0.2, 0.25) is 0 Å². The summed E-state index contributed by atoms with van der Waals surface area (Å²) < 4.78 is 0. The van der Waals surface area contributed by atoms with Gasteiger partial charge >= 0.3 is 0 Å². The fourth-order valence-electron chi connectivity index (χ4n) is 2.31.